The van der Waals surface area contributed by atoms with E-state index in [1.807, 2.05) is 43.3 Å². The number of nitrogens with zero attached hydrogens (tertiary/aromatic N) is 8. The van der Waals surface area contributed by atoms with Crippen LogP contribution in [-0.2, 0) is 4.79 Å². The number of fused-ring (bicyclic) bond motifs is 6. The van der Waals surface area contributed by atoms with E-state index < -0.39 is 11.6 Å². The van der Waals surface area contributed by atoms with Gasteiger partial charge in [0.25, 0.3) is 5.91 Å². The number of carbonyl (C=O) groups is 1. The third kappa shape index (κ3) is 4.66. The molecule has 7 rings (SSSR count). The van der Waals surface area contributed by atoms with Crippen LogP contribution in [0.15, 0.2) is 55.2 Å². The van der Waals surface area contributed by atoms with Gasteiger partial charge in [-0.1, -0.05) is 0 Å². The van der Waals surface area contributed by atoms with Gasteiger partial charge in [-0.15, -0.1) is 0 Å². The second kappa shape index (κ2) is 9.79. The molecule has 5 aromatic rings. The maximum atomic E-state index is 14.5. The number of halogens is 1. The molecule has 1 aromatic carbocycles. The molecule has 1 saturated heterocycles. The number of aryl methyl sites for hydroxylation is 1. The molecule has 0 saturated carbocycles. The van der Waals surface area contributed by atoms with Crippen molar-refractivity contribution in [1.29, 1.82) is 0 Å². The first-order valence-corrected chi connectivity index (χ1v) is 13.6. The lowest BCUT2D eigenvalue weighted by molar-refractivity contribution is -0.145. The monoisotopic (exact) mass is 569 g/mol. The molecule has 0 spiro atoms. The highest BCUT2D eigenvalue weighted by atomic mass is 19.1. The summed E-state index contributed by atoms with van der Waals surface area (Å²) in [4.78, 5) is 34.4. The van der Waals surface area contributed by atoms with Crippen LogP contribution in [-0.4, -0.2) is 78.3 Å². The summed E-state index contributed by atoms with van der Waals surface area (Å²) in [6.07, 6.45) is 4.77. The maximum Gasteiger partial charge on any atom is 0.260 e. The van der Waals surface area contributed by atoms with Crippen LogP contribution in [0.25, 0.3) is 16.7 Å². The Morgan fingerprint density at radius 1 is 1.12 bits per heavy atom. The first-order valence-electron chi connectivity index (χ1n) is 13.6. The van der Waals surface area contributed by atoms with Crippen molar-refractivity contribution in [3.05, 3.63) is 60.8 Å². The summed E-state index contributed by atoms with van der Waals surface area (Å²) in [6, 6.07) is 11.0. The van der Waals surface area contributed by atoms with Gasteiger partial charge in [-0.25, -0.2) is 28.8 Å². The molecule has 13 heteroatoms. The van der Waals surface area contributed by atoms with Crippen LogP contribution in [0, 0.1) is 6.92 Å². The molecule has 214 valence electrons. The van der Waals surface area contributed by atoms with Crippen molar-refractivity contribution in [3.63, 3.8) is 0 Å². The molecule has 2 bridgehead atoms. The minimum atomic E-state index is -1.94. The van der Waals surface area contributed by atoms with Gasteiger partial charge in [-0.3, -0.25) is 4.79 Å². The number of amides is 1. The largest absolute Gasteiger partial charge is 0.487 e. The Morgan fingerprint density at radius 3 is 2.83 bits per heavy atom. The smallest absolute Gasteiger partial charge is 0.260 e. The standard InChI is InChI=1S/C29H28FN9O3/c1-17-10-18(4-5-22(17)42-20-6-7-39-24(11-20)32-16-34-39)35-26-25-21(31-15-33-26)12-23-27(36-25)37-8-9-38(19(13-37)14-41-23)28(40)29(2,3)30/h4-7,10-12,15-16,19H,8-9,13-14H2,1-3H3,(H,31,33,35)/t19-/m0/s1. The highest BCUT2D eigenvalue weighted by Crippen LogP contribution is 2.37. The molecule has 1 atom stereocenters. The van der Waals surface area contributed by atoms with Crippen LogP contribution in [0.2, 0.25) is 0 Å². The lowest BCUT2D eigenvalue weighted by Crippen LogP contribution is -2.59. The van der Waals surface area contributed by atoms with E-state index in [1.165, 1.54) is 26.5 Å². The van der Waals surface area contributed by atoms with Crippen molar-refractivity contribution in [2.75, 3.05) is 36.5 Å². The van der Waals surface area contributed by atoms with Crippen LogP contribution in [0.4, 0.5) is 21.7 Å². The second-order valence-electron chi connectivity index (χ2n) is 10.9. The van der Waals surface area contributed by atoms with Gasteiger partial charge in [0.1, 0.15) is 36.3 Å². The highest BCUT2D eigenvalue weighted by Gasteiger charge is 2.41. The minimum absolute atomic E-state index is 0.245. The SMILES string of the molecule is Cc1cc(Nc2ncnc3cc4c(nc23)N2CCN(C(=O)C(C)(C)F)[C@H](CO4)C2)ccc1Oc1ccn2ncnc2c1. The summed E-state index contributed by atoms with van der Waals surface area (Å²) in [7, 11) is 0. The average molecular weight is 570 g/mol. The molecule has 0 unspecified atom stereocenters. The van der Waals surface area contributed by atoms with Crippen molar-refractivity contribution in [1.82, 2.24) is 34.4 Å². The molecule has 4 aromatic heterocycles. The maximum absolute atomic E-state index is 14.5. The third-order valence-electron chi connectivity index (χ3n) is 7.46. The number of piperazine rings is 1. The molecule has 1 amide bonds. The minimum Gasteiger partial charge on any atom is -0.487 e. The fraction of sp³-hybridized carbons (Fsp3) is 0.310. The predicted octanol–water partition coefficient (Wildman–Crippen LogP) is 4.07. The Morgan fingerprint density at radius 2 is 2.00 bits per heavy atom. The molecule has 0 radical (unpaired) electrons. The molecule has 2 aliphatic rings. The van der Waals surface area contributed by atoms with Crippen molar-refractivity contribution in [3.8, 4) is 17.2 Å². The van der Waals surface area contributed by atoms with Gasteiger partial charge in [0.15, 0.2) is 28.7 Å². The zero-order valence-corrected chi connectivity index (χ0v) is 23.3. The zero-order valence-electron chi connectivity index (χ0n) is 23.3. The van der Waals surface area contributed by atoms with Gasteiger partial charge in [0.2, 0.25) is 0 Å². The summed E-state index contributed by atoms with van der Waals surface area (Å²) >= 11 is 0. The second-order valence-corrected chi connectivity index (χ2v) is 10.9. The zero-order chi connectivity index (χ0) is 29.0. The van der Waals surface area contributed by atoms with Gasteiger partial charge in [-0.05, 0) is 50.6 Å². The number of rotatable bonds is 5. The number of benzene rings is 1. The van der Waals surface area contributed by atoms with E-state index in [0.29, 0.717) is 65.2 Å². The predicted molar refractivity (Wildman–Crippen MR) is 153 cm³/mol. The number of aromatic nitrogens is 6. The fourth-order valence-corrected chi connectivity index (χ4v) is 5.33. The van der Waals surface area contributed by atoms with Crippen molar-refractivity contribution in [2.24, 2.45) is 0 Å². The van der Waals surface area contributed by atoms with Crippen LogP contribution in [0.3, 0.4) is 0 Å². The molecule has 6 heterocycles. The Kier molecular flexibility index (Phi) is 6.03. The van der Waals surface area contributed by atoms with Gasteiger partial charge < -0.3 is 24.6 Å². The molecule has 42 heavy (non-hydrogen) atoms. The summed E-state index contributed by atoms with van der Waals surface area (Å²) in [6.45, 7) is 6.18. The van der Waals surface area contributed by atoms with E-state index in [9.17, 15) is 9.18 Å². The van der Waals surface area contributed by atoms with Gasteiger partial charge in [0.05, 0.1) is 11.6 Å². The van der Waals surface area contributed by atoms with Crippen molar-refractivity contribution < 1.29 is 18.7 Å². The van der Waals surface area contributed by atoms with Gasteiger partial charge in [-0.2, -0.15) is 5.10 Å². The summed E-state index contributed by atoms with van der Waals surface area (Å²) in [5.74, 6) is 2.61. The van der Waals surface area contributed by atoms with Crippen LogP contribution in [0.1, 0.15) is 19.4 Å². The number of pyridine rings is 2. The molecular formula is C29H28FN9O3. The molecule has 1 fully saturated rings. The van der Waals surface area contributed by atoms with E-state index >= 15 is 0 Å². The fourth-order valence-electron chi connectivity index (χ4n) is 5.33. The molecule has 0 aliphatic carbocycles. The molecular weight excluding hydrogens is 541 g/mol. The summed E-state index contributed by atoms with van der Waals surface area (Å²) < 4.78 is 28.3. The number of hydrogen-bond donors (Lipinski definition) is 1. The number of nitrogens with one attached hydrogen (secondary N) is 1. The average Bonchev–Trinajstić information content (AvgIpc) is 3.39. The number of anilines is 3. The number of ether oxygens (including phenoxy) is 2. The van der Waals surface area contributed by atoms with Gasteiger partial charge >= 0.3 is 0 Å². The Balaban J connectivity index is 1.14. The van der Waals surface area contributed by atoms with Crippen LogP contribution < -0.4 is 19.7 Å². The topological polar surface area (TPSA) is 123 Å². The number of alkyl halides is 1. The lowest BCUT2D eigenvalue weighted by atomic mass is 10.1. The van der Waals surface area contributed by atoms with E-state index in [0.717, 1.165) is 11.3 Å². The van der Waals surface area contributed by atoms with Crippen LogP contribution in [0.5, 0.6) is 17.2 Å². The Bertz CT molecular complexity index is 1840. The van der Waals surface area contributed by atoms with E-state index in [2.05, 4.69) is 30.3 Å². The Hall–Kier alpha value is -5.07. The van der Waals surface area contributed by atoms with E-state index in [1.54, 1.807) is 15.6 Å². The summed E-state index contributed by atoms with van der Waals surface area (Å²) in [5.41, 5.74) is 1.68. The van der Waals surface area contributed by atoms with Crippen LogP contribution >= 0.6 is 0 Å². The summed E-state index contributed by atoms with van der Waals surface area (Å²) in [5, 5.41) is 7.48. The first-order chi connectivity index (χ1) is 20.2. The number of carbonyl (C=O) groups excluding carboxylic acids is 1. The normalized spacial score (nSPS) is 16.6. The molecule has 12 nitrogen and oxygen atoms in total. The van der Waals surface area contributed by atoms with E-state index in [-0.39, 0.29) is 12.6 Å². The van der Waals surface area contributed by atoms with Gasteiger partial charge in [0, 0.05) is 43.7 Å². The molecule has 1 N–H and O–H groups in total. The molecule has 2 aliphatic heterocycles. The number of hydrogen-bond acceptors (Lipinski definition) is 10. The van der Waals surface area contributed by atoms with E-state index in [4.69, 9.17) is 14.5 Å². The first kappa shape index (κ1) is 25.9. The Labute approximate surface area is 240 Å². The van der Waals surface area contributed by atoms with Crippen molar-refractivity contribution in [2.45, 2.75) is 32.5 Å². The lowest BCUT2D eigenvalue weighted by Gasteiger charge is -2.41. The third-order valence-corrected chi connectivity index (χ3v) is 7.46. The quantitative estimate of drug-likeness (QED) is 0.331. The highest BCUT2D eigenvalue weighted by molar-refractivity contribution is 5.90. The van der Waals surface area contributed by atoms with Crippen molar-refractivity contribution >= 4 is 39.9 Å².